The van der Waals surface area contributed by atoms with Crippen molar-refractivity contribution in [2.45, 2.75) is 22.1 Å². The van der Waals surface area contributed by atoms with E-state index in [9.17, 15) is 9.59 Å². The number of methoxy groups -OCH3 is 1. The Bertz CT molecular complexity index is 905. The Morgan fingerprint density at radius 2 is 1.85 bits per heavy atom. The minimum Gasteiger partial charge on any atom is -0.496 e. The molecule has 1 N–H and O–H groups in total. The molecule has 0 aliphatic heterocycles. The highest BCUT2D eigenvalue weighted by atomic mass is 35.5. The highest BCUT2D eigenvalue weighted by molar-refractivity contribution is 7.99. The van der Waals surface area contributed by atoms with Crippen molar-refractivity contribution in [1.29, 1.82) is 0 Å². The molecular formula is C19H17Cl2NO4S. The lowest BCUT2D eigenvalue weighted by atomic mass is 10.1. The third-order valence-electron chi connectivity index (χ3n) is 4.49. The van der Waals surface area contributed by atoms with Gasteiger partial charge in [0.15, 0.2) is 0 Å². The van der Waals surface area contributed by atoms with Crippen molar-refractivity contribution in [2.75, 3.05) is 14.2 Å². The minimum atomic E-state index is -1.27. The van der Waals surface area contributed by atoms with E-state index < -0.39 is 12.0 Å². The molecule has 1 aliphatic carbocycles. The smallest absolute Gasteiger partial charge is 0.413 e. The average Bonchev–Trinajstić information content (AvgIpc) is 3.45. The van der Waals surface area contributed by atoms with Gasteiger partial charge in [-0.05, 0) is 36.1 Å². The summed E-state index contributed by atoms with van der Waals surface area (Å²) in [5.74, 6) is -0.183. The molecule has 2 atom stereocenters. The Balaban J connectivity index is 1.81. The van der Waals surface area contributed by atoms with E-state index in [0.29, 0.717) is 21.4 Å². The Labute approximate surface area is 171 Å². The van der Waals surface area contributed by atoms with Crippen molar-refractivity contribution >= 4 is 47.0 Å². The summed E-state index contributed by atoms with van der Waals surface area (Å²) in [4.78, 5) is 25.5. The number of rotatable bonds is 5. The zero-order chi connectivity index (χ0) is 19.7. The van der Waals surface area contributed by atoms with Crippen LogP contribution < -0.4 is 4.74 Å². The third kappa shape index (κ3) is 4.03. The minimum absolute atomic E-state index is 0.116. The van der Waals surface area contributed by atoms with Crippen LogP contribution in [0.4, 0.5) is 4.79 Å². The first kappa shape index (κ1) is 19.9. The fraction of sp³-hybridized carbons (Fsp3) is 0.263. The summed E-state index contributed by atoms with van der Waals surface area (Å²) in [7, 11) is 2.86. The molecule has 1 saturated carbocycles. The summed E-state index contributed by atoms with van der Waals surface area (Å²) in [5.41, 5.74) is 0.767. The quantitative estimate of drug-likeness (QED) is 0.694. The molecule has 5 nitrogen and oxygen atoms in total. The van der Waals surface area contributed by atoms with Crippen LogP contribution in [0.2, 0.25) is 10.0 Å². The molecule has 0 radical (unpaired) electrons. The van der Waals surface area contributed by atoms with Crippen LogP contribution in [0.3, 0.4) is 0 Å². The van der Waals surface area contributed by atoms with E-state index in [1.807, 2.05) is 36.4 Å². The summed E-state index contributed by atoms with van der Waals surface area (Å²) in [6, 6.07) is 11.3. The molecule has 142 valence electrons. The predicted octanol–water partition coefficient (Wildman–Crippen LogP) is 5.39. The molecule has 2 aromatic carbocycles. The Morgan fingerprint density at radius 1 is 1.15 bits per heavy atom. The van der Waals surface area contributed by atoms with Crippen LogP contribution in [-0.4, -0.2) is 36.2 Å². The highest BCUT2D eigenvalue weighted by Gasteiger charge is 2.47. The molecule has 2 amide bonds. The van der Waals surface area contributed by atoms with E-state index in [2.05, 4.69) is 0 Å². The van der Waals surface area contributed by atoms with Crippen LogP contribution in [0.1, 0.15) is 17.9 Å². The van der Waals surface area contributed by atoms with E-state index in [1.54, 1.807) is 7.11 Å². The van der Waals surface area contributed by atoms with Gasteiger partial charge in [0.1, 0.15) is 5.75 Å². The van der Waals surface area contributed by atoms with Crippen LogP contribution in [0.5, 0.6) is 5.75 Å². The summed E-state index contributed by atoms with van der Waals surface area (Å²) >= 11 is 14.4. The molecular weight excluding hydrogens is 409 g/mol. The van der Waals surface area contributed by atoms with Gasteiger partial charge < -0.3 is 9.84 Å². The number of para-hydroxylation sites is 1. The fourth-order valence-corrected chi connectivity index (χ4v) is 4.50. The monoisotopic (exact) mass is 425 g/mol. The third-order valence-corrected chi connectivity index (χ3v) is 6.62. The molecule has 3 rings (SSSR count). The molecule has 1 aliphatic rings. The van der Waals surface area contributed by atoms with Gasteiger partial charge in [0, 0.05) is 17.9 Å². The maximum Gasteiger partial charge on any atom is 0.413 e. The number of hydrogen-bond acceptors (Lipinski definition) is 4. The van der Waals surface area contributed by atoms with Gasteiger partial charge in [-0.25, -0.2) is 4.79 Å². The van der Waals surface area contributed by atoms with Gasteiger partial charge in [-0.15, -0.1) is 0 Å². The standard InChI is InChI=1S/C19H17Cl2NO4S/c1-22(19(24)25)18(23)12-9-11(12)10-7-8-15(17(21)16(10)20)27-14-6-4-3-5-13(14)26-2/h3-8,11-12H,9H2,1-2H3,(H,24,25). The maximum absolute atomic E-state index is 12.2. The first-order valence-corrected chi connectivity index (χ1v) is 9.71. The second-order valence-electron chi connectivity index (χ2n) is 6.16. The summed E-state index contributed by atoms with van der Waals surface area (Å²) < 4.78 is 5.35. The first-order valence-electron chi connectivity index (χ1n) is 8.14. The predicted molar refractivity (Wildman–Crippen MR) is 105 cm³/mol. The van der Waals surface area contributed by atoms with Gasteiger partial charge >= 0.3 is 6.09 Å². The number of benzene rings is 2. The van der Waals surface area contributed by atoms with Gasteiger partial charge in [-0.1, -0.05) is 53.2 Å². The number of halogens is 2. The maximum atomic E-state index is 12.2. The molecule has 0 saturated heterocycles. The molecule has 0 aromatic heterocycles. The van der Waals surface area contributed by atoms with Crippen molar-refractivity contribution in [3.05, 3.63) is 52.0 Å². The highest BCUT2D eigenvalue weighted by Crippen LogP contribution is 2.53. The zero-order valence-corrected chi connectivity index (χ0v) is 16.9. The summed E-state index contributed by atoms with van der Waals surface area (Å²) in [6.45, 7) is 0. The van der Waals surface area contributed by atoms with Crippen LogP contribution in [0, 0.1) is 5.92 Å². The van der Waals surface area contributed by atoms with Crippen molar-refractivity contribution in [3.8, 4) is 5.75 Å². The number of nitrogens with zero attached hydrogens (tertiary/aromatic N) is 1. The van der Waals surface area contributed by atoms with Gasteiger partial charge in [0.05, 0.1) is 22.1 Å². The summed E-state index contributed by atoms with van der Waals surface area (Å²) in [6.07, 6.45) is -0.704. The van der Waals surface area contributed by atoms with Gasteiger partial charge in [-0.2, -0.15) is 0 Å². The normalized spacial score (nSPS) is 18.1. The van der Waals surface area contributed by atoms with Gasteiger partial charge in [-0.3, -0.25) is 9.69 Å². The fourth-order valence-electron chi connectivity index (χ4n) is 2.89. The van der Waals surface area contributed by atoms with Crippen molar-refractivity contribution < 1.29 is 19.4 Å². The molecule has 27 heavy (non-hydrogen) atoms. The number of imide groups is 1. The summed E-state index contributed by atoms with van der Waals surface area (Å²) in [5, 5.41) is 9.76. The lowest BCUT2D eigenvalue weighted by molar-refractivity contribution is -0.129. The average molecular weight is 426 g/mol. The largest absolute Gasteiger partial charge is 0.496 e. The van der Waals surface area contributed by atoms with Crippen LogP contribution in [0.15, 0.2) is 46.2 Å². The number of carboxylic acid groups (broad SMARTS) is 1. The zero-order valence-electron chi connectivity index (χ0n) is 14.6. The second-order valence-corrected chi connectivity index (χ2v) is 8.00. The van der Waals surface area contributed by atoms with Gasteiger partial charge in [0.2, 0.25) is 5.91 Å². The molecule has 0 heterocycles. The second kappa shape index (κ2) is 8.00. The van der Waals surface area contributed by atoms with Gasteiger partial charge in [0.25, 0.3) is 0 Å². The number of hydrogen-bond donors (Lipinski definition) is 1. The number of ether oxygens (including phenoxy) is 1. The van der Waals surface area contributed by atoms with E-state index in [4.69, 9.17) is 33.0 Å². The van der Waals surface area contributed by atoms with E-state index in [0.717, 1.165) is 21.1 Å². The van der Waals surface area contributed by atoms with E-state index in [1.165, 1.54) is 18.8 Å². The Kier molecular flexibility index (Phi) is 5.89. The molecule has 1 fully saturated rings. The molecule has 0 bridgehead atoms. The van der Waals surface area contributed by atoms with Crippen molar-refractivity contribution in [3.63, 3.8) is 0 Å². The molecule has 2 aromatic rings. The lowest BCUT2D eigenvalue weighted by Gasteiger charge is -2.13. The lowest BCUT2D eigenvalue weighted by Crippen LogP contribution is -2.33. The Morgan fingerprint density at radius 3 is 2.52 bits per heavy atom. The molecule has 0 spiro atoms. The van der Waals surface area contributed by atoms with E-state index >= 15 is 0 Å². The Hall–Kier alpha value is -1.89. The van der Waals surface area contributed by atoms with Crippen molar-refractivity contribution in [1.82, 2.24) is 4.90 Å². The van der Waals surface area contributed by atoms with Crippen LogP contribution in [0.25, 0.3) is 0 Å². The van der Waals surface area contributed by atoms with Crippen LogP contribution in [-0.2, 0) is 4.79 Å². The number of amides is 2. The SMILES string of the molecule is COc1ccccc1Sc1ccc(C2CC2C(=O)N(C)C(=O)O)c(Cl)c1Cl. The number of carbonyl (C=O) groups excluding carboxylic acids is 1. The first-order chi connectivity index (χ1) is 12.8. The molecule has 8 heteroatoms. The van der Waals surface area contributed by atoms with Crippen molar-refractivity contribution in [2.24, 2.45) is 5.92 Å². The number of carbonyl (C=O) groups is 2. The molecule has 2 unspecified atom stereocenters. The van der Waals surface area contributed by atoms with E-state index in [-0.39, 0.29) is 11.8 Å². The van der Waals surface area contributed by atoms with Crippen LogP contribution >= 0.6 is 35.0 Å². The topological polar surface area (TPSA) is 66.8 Å².